The molecular weight excluding hydrogens is 320 g/mol. The summed E-state index contributed by atoms with van der Waals surface area (Å²) in [5.74, 6) is 0.592. The van der Waals surface area contributed by atoms with Crippen LogP contribution in [-0.4, -0.2) is 55.8 Å². The predicted octanol–water partition coefficient (Wildman–Crippen LogP) is 1.03. The molecule has 130 valence electrons. The van der Waals surface area contributed by atoms with Gasteiger partial charge in [-0.2, -0.15) is 10.2 Å². The van der Waals surface area contributed by atoms with Crippen LogP contribution in [0.25, 0.3) is 16.8 Å². The van der Waals surface area contributed by atoms with Crippen molar-refractivity contribution in [3.63, 3.8) is 0 Å². The largest absolute Gasteiger partial charge is 0.467 e. The van der Waals surface area contributed by atoms with Crippen molar-refractivity contribution in [3.8, 4) is 17.1 Å². The van der Waals surface area contributed by atoms with E-state index in [-0.39, 0.29) is 11.1 Å². The Morgan fingerprint density at radius 2 is 2.12 bits per heavy atom. The lowest BCUT2D eigenvalue weighted by atomic mass is 9.63. The zero-order valence-electron chi connectivity index (χ0n) is 14.3. The molecule has 1 saturated carbocycles. The highest BCUT2D eigenvalue weighted by Crippen LogP contribution is 2.48. The van der Waals surface area contributed by atoms with Gasteiger partial charge in [0.2, 0.25) is 5.88 Å². The van der Waals surface area contributed by atoms with Crippen molar-refractivity contribution in [1.29, 1.82) is 0 Å². The number of ether oxygens (including phenoxy) is 2. The van der Waals surface area contributed by atoms with Crippen LogP contribution in [0.5, 0.6) is 5.88 Å². The summed E-state index contributed by atoms with van der Waals surface area (Å²) < 4.78 is 15.7. The lowest BCUT2D eigenvalue weighted by Crippen LogP contribution is -2.73. The lowest BCUT2D eigenvalue weighted by Gasteiger charge is -2.58. The second-order valence-corrected chi connectivity index (χ2v) is 7.16. The predicted molar refractivity (Wildman–Crippen MR) is 90.4 cm³/mol. The first-order valence-electron chi connectivity index (χ1n) is 8.40. The highest BCUT2D eigenvalue weighted by Gasteiger charge is 2.60. The second-order valence-electron chi connectivity index (χ2n) is 7.16. The molecule has 3 fully saturated rings. The molecule has 0 aromatic carbocycles. The van der Waals surface area contributed by atoms with E-state index < -0.39 is 0 Å². The number of nitrogens with one attached hydrogen (secondary N) is 1. The number of likely N-dealkylation sites (N-methyl/N-ethyl adjacent to an activating group) is 1. The highest BCUT2D eigenvalue weighted by molar-refractivity contribution is 5.63. The molecule has 3 aromatic rings. The molecule has 8 heteroatoms. The normalized spacial score (nSPS) is 28.1. The minimum Gasteiger partial charge on any atom is -0.467 e. The van der Waals surface area contributed by atoms with Gasteiger partial charge < -0.3 is 14.8 Å². The van der Waals surface area contributed by atoms with Crippen LogP contribution in [-0.2, 0) is 11.8 Å². The number of hydrogen-bond donors (Lipinski definition) is 1. The van der Waals surface area contributed by atoms with Crippen molar-refractivity contribution in [2.75, 3.05) is 20.3 Å². The van der Waals surface area contributed by atoms with Gasteiger partial charge in [0.1, 0.15) is 11.1 Å². The number of hydrogen-bond acceptors (Lipinski definition) is 6. The van der Waals surface area contributed by atoms with E-state index in [4.69, 9.17) is 14.5 Å². The summed E-state index contributed by atoms with van der Waals surface area (Å²) in [5.41, 5.74) is 2.30. The molecule has 25 heavy (non-hydrogen) atoms. The van der Waals surface area contributed by atoms with Crippen molar-refractivity contribution in [1.82, 2.24) is 29.7 Å². The minimum absolute atomic E-state index is 0.0374. The number of rotatable bonds is 4. The molecule has 6 rings (SSSR count). The molecule has 1 N–H and O–H groups in total. The summed E-state index contributed by atoms with van der Waals surface area (Å²) in [6.45, 7) is 1.33. The highest BCUT2D eigenvalue weighted by atomic mass is 16.6. The molecule has 2 aliphatic heterocycles. The maximum Gasteiger partial charge on any atom is 0.241 e. The topological polar surface area (TPSA) is 78.5 Å². The molecule has 2 saturated heterocycles. The van der Waals surface area contributed by atoms with E-state index in [0.717, 1.165) is 36.2 Å². The van der Waals surface area contributed by atoms with Crippen molar-refractivity contribution in [3.05, 3.63) is 30.9 Å². The zero-order chi connectivity index (χ0) is 17.1. The molecule has 2 bridgehead atoms. The molecule has 8 nitrogen and oxygen atoms in total. The Kier molecular flexibility index (Phi) is 2.99. The van der Waals surface area contributed by atoms with Gasteiger partial charge in [-0.25, -0.2) is 9.50 Å². The fourth-order valence-corrected chi connectivity index (χ4v) is 4.04. The van der Waals surface area contributed by atoms with Gasteiger partial charge in [-0.3, -0.25) is 4.68 Å². The third kappa shape index (κ3) is 2.25. The summed E-state index contributed by atoms with van der Waals surface area (Å²) in [6, 6.07) is 1.92. The average molecular weight is 340 g/mol. The first-order valence-corrected chi connectivity index (χ1v) is 8.40. The fourth-order valence-electron chi connectivity index (χ4n) is 4.04. The number of fused-ring (bicyclic) bond motifs is 3. The van der Waals surface area contributed by atoms with E-state index in [1.807, 2.05) is 32.6 Å². The molecule has 0 amide bonds. The van der Waals surface area contributed by atoms with Crippen LogP contribution in [0, 0.1) is 0 Å². The fraction of sp³-hybridized carbons (Fsp3) is 0.471. The van der Waals surface area contributed by atoms with Crippen molar-refractivity contribution in [2.24, 2.45) is 7.05 Å². The maximum atomic E-state index is 6.41. The monoisotopic (exact) mass is 340 g/mol. The van der Waals surface area contributed by atoms with Crippen molar-refractivity contribution < 1.29 is 9.47 Å². The van der Waals surface area contributed by atoms with Crippen LogP contribution < -0.4 is 10.1 Å². The standard InChI is InChI=1S/C17H20N6O2/c1-18-16-8-17(9-16,11-24-10-16)25-15-14-3-4-19-23(14)7-13(21-15)12-5-20-22(2)6-12/h3-7,18H,8-11H2,1-2H3. The summed E-state index contributed by atoms with van der Waals surface area (Å²) in [6.07, 6.45) is 9.22. The van der Waals surface area contributed by atoms with E-state index >= 15 is 0 Å². The van der Waals surface area contributed by atoms with Gasteiger partial charge in [0.15, 0.2) is 0 Å². The molecule has 0 unspecified atom stereocenters. The minimum atomic E-state index is -0.313. The molecule has 3 aromatic heterocycles. The van der Waals surface area contributed by atoms with Crippen LogP contribution in [0.2, 0.25) is 0 Å². The quantitative estimate of drug-likeness (QED) is 0.764. The Morgan fingerprint density at radius 1 is 1.24 bits per heavy atom. The summed E-state index contributed by atoms with van der Waals surface area (Å²) >= 11 is 0. The molecule has 0 atom stereocenters. The summed E-state index contributed by atoms with van der Waals surface area (Å²) in [7, 11) is 3.87. The van der Waals surface area contributed by atoms with E-state index in [0.29, 0.717) is 12.5 Å². The van der Waals surface area contributed by atoms with Gasteiger partial charge in [0.25, 0.3) is 0 Å². The molecule has 0 radical (unpaired) electrons. The van der Waals surface area contributed by atoms with E-state index in [1.165, 1.54) is 0 Å². The van der Waals surface area contributed by atoms with E-state index in [2.05, 4.69) is 15.5 Å². The Morgan fingerprint density at radius 3 is 2.88 bits per heavy atom. The first kappa shape index (κ1) is 14.9. The van der Waals surface area contributed by atoms with Gasteiger partial charge in [-0.15, -0.1) is 0 Å². The molecule has 3 aliphatic rings. The second kappa shape index (κ2) is 5.03. The smallest absolute Gasteiger partial charge is 0.241 e. The third-order valence-corrected chi connectivity index (χ3v) is 5.26. The lowest BCUT2D eigenvalue weighted by molar-refractivity contribution is -0.195. The Hall–Kier alpha value is -2.45. The van der Waals surface area contributed by atoms with Gasteiger partial charge in [-0.05, 0) is 13.1 Å². The van der Waals surface area contributed by atoms with Crippen LogP contribution in [0.15, 0.2) is 30.9 Å². The van der Waals surface area contributed by atoms with E-state index in [1.54, 1.807) is 21.6 Å². The van der Waals surface area contributed by atoms with Crippen LogP contribution in [0.4, 0.5) is 0 Å². The van der Waals surface area contributed by atoms with Gasteiger partial charge in [0.05, 0.1) is 37.5 Å². The van der Waals surface area contributed by atoms with Gasteiger partial charge >= 0.3 is 0 Å². The van der Waals surface area contributed by atoms with Crippen LogP contribution in [0.1, 0.15) is 12.8 Å². The number of aryl methyl sites for hydroxylation is 1. The average Bonchev–Trinajstić information content (AvgIpc) is 3.23. The van der Waals surface area contributed by atoms with Crippen LogP contribution in [0.3, 0.4) is 0 Å². The first-order chi connectivity index (χ1) is 12.1. The van der Waals surface area contributed by atoms with Crippen molar-refractivity contribution in [2.45, 2.75) is 24.0 Å². The summed E-state index contributed by atoms with van der Waals surface area (Å²) in [5, 5.41) is 12.0. The SMILES string of the molecule is CNC12COCC(Oc3nc(-c4cnn(C)c4)cn4nccc34)(C1)C2. The Bertz CT molecular complexity index is 940. The molecular formula is C17H20N6O2. The van der Waals surface area contributed by atoms with Gasteiger partial charge in [0, 0.05) is 37.2 Å². The molecule has 1 aliphatic carbocycles. The van der Waals surface area contributed by atoms with E-state index in [9.17, 15) is 0 Å². The molecule has 5 heterocycles. The Labute approximate surface area is 144 Å². The Balaban J connectivity index is 1.53. The van der Waals surface area contributed by atoms with Crippen molar-refractivity contribution >= 4 is 5.52 Å². The summed E-state index contributed by atoms with van der Waals surface area (Å²) in [4.78, 5) is 4.76. The number of nitrogens with zero attached hydrogens (tertiary/aromatic N) is 5. The number of aromatic nitrogens is 5. The third-order valence-electron chi connectivity index (χ3n) is 5.26. The van der Waals surface area contributed by atoms with Gasteiger partial charge in [-0.1, -0.05) is 0 Å². The zero-order valence-corrected chi connectivity index (χ0v) is 14.3. The maximum absolute atomic E-state index is 6.41. The van der Waals surface area contributed by atoms with Crippen LogP contribution >= 0.6 is 0 Å². The molecule has 0 spiro atoms.